The second-order valence-corrected chi connectivity index (χ2v) is 8.14. The first kappa shape index (κ1) is 23.9. The van der Waals surface area contributed by atoms with E-state index in [2.05, 4.69) is 31.3 Å². The van der Waals surface area contributed by atoms with E-state index < -0.39 is 5.91 Å². The molecule has 0 saturated heterocycles. The number of methoxy groups -OCH3 is 1. The van der Waals surface area contributed by atoms with E-state index in [-0.39, 0.29) is 5.57 Å². The van der Waals surface area contributed by atoms with Crippen LogP contribution in [-0.4, -0.2) is 13.0 Å². The molecule has 168 valence electrons. The van der Waals surface area contributed by atoms with Crippen molar-refractivity contribution < 1.29 is 14.3 Å². The predicted octanol–water partition coefficient (Wildman–Crippen LogP) is 6.40. The minimum atomic E-state index is -0.517. The molecule has 3 aromatic carbocycles. The Morgan fingerprint density at radius 1 is 1.00 bits per heavy atom. The molecule has 0 aliphatic heterocycles. The Morgan fingerprint density at radius 3 is 2.45 bits per heavy atom. The number of nitriles is 1. The topological polar surface area (TPSA) is 71.3 Å². The van der Waals surface area contributed by atoms with E-state index in [4.69, 9.17) is 21.1 Å². The Labute approximate surface area is 199 Å². The normalized spacial score (nSPS) is 11.0. The Morgan fingerprint density at radius 2 is 1.76 bits per heavy atom. The third kappa shape index (κ3) is 6.15. The fraction of sp³-hybridized carbons (Fsp3) is 0.185. The van der Waals surface area contributed by atoms with Crippen LogP contribution < -0.4 is 14.8 Å². The second kappa shape index (κ2) is 10.7. The van der Waals surface area contributed by atoms with Gasteiger partial charge in [-0.2, -0.15) is 5.26 Å². The lowest BCUT2D eigenvalue weighted by Crippen LogP contribution is -2.14. The number of benzene rings is 3. The quantitative estimate of drug-likeness (QED) is 0.327. The zero-order valence-electron chi connectivity index (χ0n) is 19.0. The van der Waals surface area contributed by atoms with Gasteiger partial charge >= 0.3 is 0 Å². The Balaban J connectivity index is 1.77. The van der Waals surface area contributed by atoms with Gasteiger partial charge in [0, 0.05) is 10.7 Å². The molecule has 0 bridgehead atoms. The smallest absolute Gasteiger partial charge is 0.266 e. The molecule has 6 heteroatoms. The zero-order valence-corrected chi connectivity index (χ0v) is 19.8. The third-order valence-corrected chi connectivity index (χ3v) is 5.51. The van der Waals surface area contributed by atoms with Gasteiger partial charge in [0.15, 0.2) is 11.5 Å². The van der Waals surface area contributed by atoms with E-state index in [1.165, 1.54) is 17.2 Å². The van der Waals surface area contributed by atoms with E-state index in [1.54, 1.807) is 43.5 Å². The van der Waals surface area contributed by atoms with Gasteiger partial charge in [-0.1, -0.05) is 41.9 Å². The largest absolute Gasteiger partial charge is 0.493 e. The van der Waals surface area contributed by atoms with Crippen molar-refractivity contribution in [1.82, 2.24) is 0 Å². The predicted molar refractivity (Wildman–Crippen MR) is 132 cm³/mol. The van der Waals surface area contributed by atoms with Crippen molar-refractivity contribution in [2.75, 3.05) is 12.4 Å². The number of aryl methyl sites for hydroxylation is 3. The standard InChI is InChI=1S/C27H25ClN2O3/c1-17-5-7-21(11-19(17)3)16-33-25-10-8-20(13-26(25)32-4)12-22(15-29)27(31)30-24-14-23(28)9-6-18(24)2/h5-14H,16H2,1-4H3,(H,30,31)/b22-12+. The fourth-order valence-corrected chi connectivity index (χ4v) is 3.35. The number of carbonyl (C=O) groups is 1. The highest BCUT2D eigenvalue weighted by atomic mass is 35.5. The van der Waals surface area contributed by atoms with Gasteiger partial charge in [0.05, 0.1) is 7.11 Å². The van der Waals surface area contributed by atoms with Gasteiger partial charge < -0.3 is 14.8 Å². The highest BCUT2D eigenvalue weighted by Gasteiger charge is 2.13. The van der Waals surface area contributed by atoms with Gasteiger partial charge in [0.1, 0.15) is 18.2 Å². The van der Waals surface area contributed by atoms with E-state index in [9.17, 15) is 10.1 Å². The highest BCUT2D eigenvalue weighted by molar-refractivity contribution is 6.31. The number of nitrogens with one attached hydrogen (secondary N) is 1. The summed E-state index contributed by atoms with van der Waals surface area (Å²) in [5.74, 6) is 0.568. The van der Waals surface area contributed by atoms with Crippen LogP contribution in [0.25, 0.3) is 6.08 Å². The maximum absolute atomic E-state index is 12.6. The number of hydrogen-bond donors (Lipinski definition) is 1. The number of amides is 1. The maximum Gasteiger partial charge on any atom is 0.266 e. The summed E-state index contributed by atoms with van der Waals surface area (Å²) in [7, 11) is 1.55. The lowest BCUT2D eigenvalue weighted by Gasteiger charge is -2.12. The molecule has 33 heavy (non-hydrogen) atoms. The molecule has 0 aliphatic rings. The van der Waals surface area contributed by atoms with Crippen LogP contribution in [0, 0.1) is 32.1 Å². The van der Waals surface area contributed by atoms with Crippen LogP contribution in [0.1, 0.15) is 27.8 Å². The first-order valence-corrected chi connectivity index (χ1v) is 10.7. The van der Waals surface area contributed by atoms with Crippen LogP contribution in [0.15, 0.2) is 60.2 Å². The van der Waals surface area contributed by atoms with Gasteiger partial charge in [0.25, 0.3) is 5.91 Å². The van der Waals surface area contributed by atoms with Crippen molar-refractivity contribution in [2.24, 2.45) is 0 Å². The van der Waals surface area contributed by atoms with Crippen molar-refractivity contribution >= 4 is 29.3 Å². The van der Waals surface area contributed by atoms with Gasteiger partial charge in [-0.05, 0) is 78.9 Å². The first-order chi connectivity index (χ1) is 15.8. The van der Waals surface area contributed by atoms with Gasteiger partial charge in [-0.15, -0.1) is 0 Å². The summed E-state index contributed by atoms with van der Waals surface area (Å²) >= 11 is 6.01. The summed E-state index contributed by atoms with van der Waals surface area (Å²) in [5.41, 5.74) is 5.50. The summed E-state index contributed by atoms with van der Waals surface area (Å²) in [5, 5.41) is 12.8. The fourth-order valence-electron chi connectivity index (χ4n) is 3.18. The van der Waals surface area contributed by atoms with E-state index >= 15 is 0 Å². The number of hydrogen-bond acceptors (Lipinski definition) is 4. The molecular weight excluding hydrogens is 436 g/mol. The summed E-state index contributed by atoms with van der Waals surface area (Å²) < 4.78 is 11.4. The van der Waals surface area contributed by atoms with Gasteiger partial charge in [-0.25, -0.2) is 0 Å². The zero-order chi connectivity index (χ0) is 24.0. The molecule has 0 aromatic heterocycles. The third-order valence-electron chi connectivity index (χ3n) is 5.28. The van der Waals surface area contributed by atoms with Crippen LogP contribution >= 0.6 is 11.6 Å². The molecule has 0 saturated carbocycles. The van der Waals surface area contributed by atoms with E-state index in [1.807, 2.05) is 19.1 Å². The molecule has 3 rings (SSSR count). The van der Waals surface area contributed by atoms with Gasteiger partial charge in [-0.3, -0.25) is 4.79 Å². The Kier molecular flexibility index (Phi) is 7.76. The lowest BCUT2D eigenvalue weighted by molar-refractivity contribution is -0.112. The molecule has 0 spiro atoms. The summed E-state index contributed by atoms with van der Waals surface area (Å²) in [6.45, 7) is 6.39. The molecule has 1 amide bonds. The molecule has 0 radical (unpaired) electrons. The summed E-state index contributed by atoms with van der Waals surface area (Å²) in [6, 6.07) is 18.6. The average molecular weight is 461 g/mol. The number of anilines is 1. The van der Waals surface area contributed by atoms with Crippen LogP contribution in [0.5, 0.6) is 11.5 Å². The molecule has 0 unspecified atom stereocenters. The monoisotopic (exact) mass is 460 g/mol. The van der Waals surface area contributed by atoms with Crippen molar-refractivity contribution in [1.29, 1.82) is 5.26 Å². The van der Waals surface area contributed by atoms with E-state index in [0.29, 0.717) is 34.4 Å². The van der Waals surface area contributed by atoms with Gasteiger partial charge in [0.2, 0.25) is 0 Å². The molecule has 0 aliphatic carbocycles. The molecule has 1 N–H and O–H groups in total. The van der Waals surface area contributed by atoms with Crippen LogP contribution in [0.4, 0.5) is 5.69 Å². The van der Waals surface area contributed by atoms with Crippen molar-refractivity contribution in [3.63, 3.8) is 0 Å². The second-order valence-electron chi connectivity index (χ2n) is 7.70. The lowest BCUT2D eigenvalue weighted by atomic mass is 10.1. The average Bonchev–Trinajstić information content (AvgIpc) is 2.80. The van der Waals surface area contributed by atoms with Crippen LogP contribution in [0.2, 0.25) is 5.02 Å². The van der Waals surface area contributed by atoms with Crippen molar-refractivity contribution in [3.05, 3.63) is 93.0 Å². The minimum Gasteiger partial charge on any atom is -0.493 e. The number of ether oxygens (including phenoxy) is 2. The summed E-state index contributed by atoms with van der Waals surface area (Å²) in [6.07, 6.45) is 1.50. The number of halogens is 1. The van der Waals surface area contributed by atoms with Crippen LogP contribution in [0.3, 0.4) is 0 Å². The molecule has 0 heterocycles. The molecule has 0 atom stereocenters. The Hall–Kier alpha value is -3.75. The van der Waals surface area contributed by atoms with Crippen LogP contribution in [-0.2, 0) is 11.4 Å². The highest BCUT2D eigenvalue weighted by Crippen LogP contribution is 2.30. The molecule has 3 aromatic rings. The first-order valence-electron chi connectivity index (χ1n) is 10.4. The van der Waals surface area contributed by atoms with E-state index in [0.717, 1.165) is 11.1 Å². The molecular formula is C27H25ClN2O3. The van der Waals surface area contributed by atoms with Crippen molar-refractivity contribution in [2.45, 2.75) is 27.4 Å². The minimum absolute atomic E-state index is 0.0415. The SMILES string of the molecule is COc1cc(/C=C(\C#N)C(=O)Nc2cc(Cl)ccc2C)ccc1OCc1ccc(C)c(C)c1. The summed E-state index contributed by atoms with van der Waals surface area (Å²) in [4.78, 5) is 12.6. The number of carbonyl (C=O) groups excluding carboxylic acids is 1. The number of rotatable bonds is 7. The Bertz CT molecular complexity index is 1260. The van der Waals surface area contributed by atoms with Crippen molar-refractivity contribution in [3.8, 4) is 17.6 Å². The molecule has 5 nitrogen and oxygen atoms in total. The molecule has 0 fully saturated rings. The number of nitrogens with zero attached hydrogens (tertiary/aromatic N) is 1. The maximum atomic E-state index is 12.6.